The summed E-state index contributed by atoms with van der Waals surface area (Å²) in [5.74, 6) is -0.186. The number of H-pyrrole nitrogens is 1. The Morgan fingerprint density at radius 3 is 2.80 bits per heavy atom. The molecule has 0 fully saturated rings. The molecule has 1 aromatic heterocycles. The molecule has 0 atom stereocenters. The van der Waals surface area contributed by atoms with E-state index in [0.29, 0.717) is 0 Å². The molecular formula is C14H15N3O3. The molecule has 1 amide bonds. The maximum Gasteiger partial charge on any atom is 0.328 e. The van der Waals surface area contributed by atoms with Crippen molar-refractivity contribution in [1.82, 2.24) is 9.55 Å². The Kier molecular flexibility index (Phi) is 4.14. The van der Waals surface area contributed by atoms with Crippen LogP contribution in [0.25, 0.3) is 0 Å². The Bertz CT molecular complexity index is 731. The number of nitrogens with zero attached hydrogens (tertiary/aromatic N) is 1. The highest BCUT2D eigenvalue weighted by Crippen LogP contribution is 2.09. The molecule has 0 saturated heterocycles. The second-order valence-electron chi connectivity index (χ2n) is 4.47. The zero-order valence-corrected chi connectivity index (χ0v) is 11.1. The zero-order valence-electron chi connectivity index (χ0n) is 11.1. The average Bonchev–Trinajstić information content (AvgIpc) is 2.37. The van der Waals surface area contributed by atoms with E-state index in [1.165, 1.54) is 16.8 Å². The first-order valence-electron chi connectivity index (χ1n) is 6.21. The van der Waals surface area contributed by atoms with Crippen LogP contribution in [-0.4, -0.2) is 15.5 Å². The number of carbonyl (C=O) groups is 1. The minimum absolute atomic E-state index is 0.153. The maximum atomic E-state index is 11.8. The molecule has 2 N–H and O–H groups in total. The quantitative estimate of drug-likeness (QED) is 0.867. The van der Waals surface area contributed by atoms with Gasteiger partial charge in [-0.05, 0) is 24.6 Å². The van der Waals surface area contributed by atoms with Crippen molar-refractivity contribution >= 4 is 11.6 Å². The molecule has 0 saturated carbocycles. The van der Waals surface area contributed by atoms with Crippen LogP contribution in [0.15, 0.2) is 46.1 Å². The molecule has 0 bridgehead atoms. The molecular weight excluding hydrogens is 258 g/mol. The summed E-state index contributed by atoms with van der Waals surface area (Å²) < 4.78 is 1.29. The van der Waals surface area contributed by atoms with Gasteiger partial charge in [0.2, 0.25) is 5.91 Å². The number of rotatable bonds is 4. The number of aryl methyl sites for hydroxylation is 2. The van der Waals surface area contributed by atoms with E-state index >= 15 is 0 Å². The topological polar surface area (TPSA) is 84.0 Å². The largest absolute Gasteiger partial charge is 0.328 e. The van der Waals surface area contributed by atoms with Crippen LogP contribution in [0.2, 0.25) is 0 Å². The Morgan fingerprint density at radius 1 is 1.30 bits per heavy atom. The molecule has 0 aliphatic heterocycles. The summed E-state index contributed by atoms with van der Waals surface area (Å²) in [6, 6.07) is 8.72. The number of anilines is 1. The van der Waals surface area contributed by atoms with E-state index in [2.05, 4.69) is 10.3 Å². The number of hydrogen-bond acceptors (Lipinski definition) is 3. The molecule has 20 heavy (non-hydrogen) atoms. The second kappa shape index (κ2) is 6.01. The fourth-order valence-electron chi connectivity index (χ4n) is 1.79. The van der Waals surface area contributed by atoms with Crippen LogP contribution < -0.4 is 16.6 Å². The van der Waals surface area contributed by atoms with Crippen molar-refractivity contribution in [2.24, 2.45) is 0 Å². The number of benzene rings is 1. The van der Waals surface area contributed by atoms with Gasteiger partial charge in [0.1, 0.15) is 0 Å². The fraction of sp³-hybridized carbons (Fsp3) is 0.214. The lowest BCUT2D eigenvalue weighted by molar-refractivity contribution is -0.116. The highest BCUT2D eigenvalue weighted by Gasteiger charge is 2.04. The zero-order chi connectivity index (χ0) is 14.5. The SMILES string of the molecule is Cc1cccc(NC(=O)CCn2ccc(=O)[nH]c2=O)c1. The lowest BCUT2D eigenvalue weighted by Gasteiger charge is -2.07. The normalized spacial score (nSPS) is 10.2. The third-order valence-electron chi connectivity index (χ3n) is 2.78. The van der Waals surface area contributed by atoms with Crippen LogP contribution in [-0.2, 0) is 11.3 Å². The summed E-state index contributed by atoms with van der Waals surface area (Å²) in [5, 5.41) is 2.76. The van der Waals surface area contributed by atoms with Crippen LogP contribution in [0.4, 0.5) is 5.69 Å². The third kappa shape index (κ3) is 3.68. The van der Waals surface area contributed by atoms with Crippen molar-refractivity contribution < 1.29 is 4.79 Å². The van der Waals surface area contributed by atoms with Crippen molar-refractivity contribution in [1.29, 1.82) is 0 Å². The first kappa shape index (κ1) is 13.8. The molecule has 1 aromatic carbocycles. The van der Waals surface area contributed by atoms with Gasteiger partial charge >= 0.3 is 5.69 Å². The molecule has 0 aliphatic rings. The van der Waals surface area contributed by atoms with E-state index in [4.69, 9.17) is 0 Å². The van der Waals surface area contributed by atoms with Gasteiger partial charge in [-0.2, -0.15) is 0 Å². The minimum atomic E-state index is -0.513. The van der Waals surface area contributed by atoms with Crippen molar-refractivity contribution in [3.63, 3.8) is 0 Å². The maximum absolute atomic E-state index is 11.8. The lowest BCUT2D eigenvalue weighted by Crippen LogP contribution is -2.29. The molecule has 2 rings (SSSR count). The molecule has 0 radical (unpaired) electrons. The third-order valence-corrected chi connectivity index (χ3v) is 2.78. The van der Waals surface area contributed by atoms with Gasteiger partial charge in [0, 0.05) is 30.9 Å². The summed E-state index contributed by atoms with van der Waals surface area (Å²) in [6.07, 6.45) is 1.53. The van der Waals surface area contributed by atoms with Gasteiger partial charge in [0.15, 0.2) is 0 Å². The van der Waals surface area contributed by atoms with E-state index in [9.17, 15) is 14.4 Å². The van der Waals surface area contributed by atoms with E-state index in [1.807, 2.05) is 25.1 Å². The predicted octanol–water partition coefficient (Wildman–Crippen LogP) is 0.874. The highest BCUT2D eigenvalue weighted by atomic mass is 16.2. The molecule has 6 nitrogen and oxygen atoms in total. The van der Waals surface area contributed by atoms with Crippen LogP contribution in [0, 0.1) is 6.92 Å². The first-order valence-corrected chi connectivity index (χ1v) is 6.21. The molecule has 104 valence electrons. The Morgan fingerprint density at radius 2 is 2.10 bits per heavy atom. The summed E-state index contributed by atoms with van der Waals surface area (Å²) in [7, 11) is 0. The van der Waals surface area contributed by atoms with Crippen LogP contribution in [0.3, 0.4) is 0 Å². The van der Waals surface area contributed by atoms with Gasteiger partial charge in [0.25, 0.3) is 5.56 Å². The highest BCUT2D eigenvalue weighted by molar-refractivity contribution is 5.90. The van der Waals surface area contributed by atoms with Crippen molar-refractivity contribution in [3.8, 4) is 0 Å². The van der Waals surface area contributed by atoms with Gasteiger partial charge in [0.05, 0.1) is 0 Å². The molecule has 0 spiro atoms. The molecule has 6 heteroatoms. The van der Waals surface area contributed by atoms with Gasteiger partial charge in [-0.1, -0.05) is 12.1 Å². The van der Waals surface area contributed by atoms with Crippen molar-refractivity contribution in [2.75, 3.05) is 5.32 Å². The first-order chi connectivity index (χ1) is 9.54. The van der Waals surface area contributed by atoms with Crippen LogP contribution in [0.5, 0.6) is 0 Å². The van der Waals surface area contributed by atoms with E-state index in [-0.39, 0.29) is 18.9 Å². The van der Waals surface area contributed by atoms with E-state index in [0.717, 1.165) is 11.3 Å². The monoisotopic (exact) mass is 273 g/mol. The smallest absolute Gasteiger partial charge is 0.326 e. The molecule has 0 unspecified atom stereocenters. The Labute approximate surface area is 115 Å². The number of nitrogens with one attached hydrogen (secondary N) is 2. The molecule has 1 heterocycles. The lowest BCUT2D eigenvalue weighted by atomic mass is 10.2. The van der Waals surface area contributed by atoms with Gasteiger partial charge in [-0.15, -0.1) is 0 Å². The van der Waals surface area contributed by atoms with Crippen LogP contribution >= 0.6 is 0 Å². The summed E-state index contributed by atoms with van der Waals surface area (Å²) in [5.41, 5.74) is 0.819. The summed E-state index contributed by atoms with van der Waals surface area (Å²) in [4.78, 5) is 36.3. The molecule has 2 aromatic rings. The van der Waals surface area contributed by atoms with Crippen molar-refractivity contribution in [2.45, 2.75) is 19.9 Å². The van der Waals surface area contributed by atoms with Crippen LogP contribution in [0.1, 0.15) is 12.0 Å². The Balaban J connectivity index is 1.95. The minimum Gasteiger partial charge on any atom is -0.326 e. The number of carbonyl (C=O) groups excluding carboxylic acids is 1. The van der Waals surface area contributed by atoms with Crippen molar-refractivity contribution in [3.05, 3.63) is 62.9 Å². The predicted molar refractivity (Wildman–Crippen MR) is 75.7 cm³/mol. The summed E-state index contributed by atoms with van der Waals surface area (Å²) >= 11 is 0. The average molecular weight is 273 g/mol. The van der Waals surface area contributed by atoms with Gasteiger partial charge in [-0.25, -0.2) is 4.79 Å². The standard InChI is InChI=1S/C14H15N3O3/c1-10-3-2-4-11(9-10)15-12(18)5-7-17-8-6-13(19)16-14(17)20/h2-4,6,8-9H,5,7H2,1H3,(H,15,18)(H,16,19,20). The fourth-order valence-corrected chi connectivity index (χ4v) is 1.79. The number of aromatic amines is 1. The Hall–Kier alpha value is -2.63. The molecule has 0 aliphatic carbocycles. The van der Waals surface area contributed by atoms with E-state index < -0.39 is 11.2 Å². The van der Waals surface area contributed by atoms with Gasteiger partial charge < -0.3 is 9.88 Å². The number of hydrogen-bond donors (Lipinski definition) is 2. The van der Waals surface area contributed by atoms with E-state index in [1.54, 1.807) is 6.07 Å². The summed E-state index contributed by atoms with van der Waals surface area (Å²) in [6.45, 7) is 2.16. The number of amides is 1. The van der Waals surface area contributed by atoms with Gasteiger partial charge in [-0.3, -0.25) is 14.6 Å². The second-order valence-corrected chi connectivity index (χ2v) is 4.47. The number of aromatic nitrogens is 2.